The van der Waals surface area contributed by atoms with Crippen molar-refractivity contribution in [1.82, 2.24) is 14.7 Å². The van der Waals surface area contributed by atoms with Crippen LogP contribution in [-0.2, 0) is 14.8 Å². The Labute approximate surface area is 184 Å². The lowest BCUT2D eigenvalue weighted by Crippen LogP contribution is -2.28. The van der Waals surface area contributed by atoms with Crippen LogP contribution in [0.25, 0.3) is 17.3 Å². The third kappa shape index (κ3) is 4.90. The smallest absolute Gasteiger partial charge is 0.278 e. The normalized spacial score (nSPS) is 10.9. The van der Waals surface area contributed by atoms with Gasteiger partial charge >= 0.3 is 0 Å². The second kappa shape index (κ2) is 8.86. The van der Waals surface area contributed by atoms with Crippen LogP contribution in [0, 0.1) is 0 Å². The fraction of sp³-hybridized carbons (Fsp3) is 0.0476. The molecular formula is C21H20N6O4S. The average molecular weight is 452 g/mol. The molecular weight excluding hydrogens is 432 g/mol. The third-order valence-electron chi connectivity index (χ3n) is 4.32. The van der Waals surface area contributed by atoms with Gasteiger partial charge in [-0.15, -0.1) is 0 Å². The van der Waals surface area contributed by atoms with E-state index in [1.807, 2.05) is 4.72 Å². The number of aromatic nitrogens is 2. The Hall–Kier alpha value is -4.25. The minimum atomic E-state index is -3.98. The summed E-state index contributed by atoms with van der Waals surface area (Å²) in [4.78, 5) is 31.9. The number of nitrogens with zero attached hydrogens (tertiary/aromatic N) is 2. The van der Waals surface area contributed by atoms with Gasteiger partial charge in [0.05, 0.1) is 16.8 Å². The second-order valence-corrected chi connectivity index (χ2v) is 8.36. The van der Waals surface area contributed by atoms with Gasteiger partial charge in [-0.05, 0) is 35.9 Å². The van der Waals surface area contributed by atoms with E-state index in [2.05, 4.69) is 21.9 Å². The highest BCUT2D eigenvalue weighted by Crippen LogP contribution is 2.24. The lowest BCUT2D eigenvalue weighted by Gasteiger charge is -2.10. The highest BCUT2D eigenvalue weighted by Gasteiger charge is 2.18. The van der Waals surface area contributed by atoms with Crippen molar-refractivity contribution in [2.24, 2.45) is 0 Å². The first-order chi connectivity index (χ1) is 15.1. The summed E-state index contributed by atoms with van der Waals surface area (Å²) in [6.07, 6.45) is 3.05. The molecule has 3 rings (SSSR count). The fourth-order valence-electron chi connectivity index (χ4n) is 2.78. The Morgan fingerprint density at radius 2 is 1.78 bits per heavy atom. The predicted octanol–water partition coefficient (Wildman–Crippen LogP) is 2.03. The van der Waals surface area contributed by atoms with Crippen LogP contribution in [0.15, 0.2) is 60.1 Å². The predicted molar refractivity (Wildman–Crippen MR) is 122 cm³/mol. The number of hydrogen-bond donors (Lipinski definition) is 4. The van der Waals surface area contributed by atoms with Crippen molar-refractivity contribution in [3.63, 3.8) is 0 Å². The standard InChI is InChI=1S/C21H20N6O4S/c1-3-13-4-5-14(10-17(13)22)18-11-24-20(23)19(26-18)21(29)25-15-6-8-16(9-7-15)32(30,31)27-12(2)28/h3-11H,1,22H2,2H3,(H2,23,24)(H,25,29)(H,27,28). The molecule has 0 saturated heterocycles. The molecule has 0 radical (unpaired) electrons. The fourth-order valence-corrected chi connectivity index (χ4v) is 3.77. The van der Waals surface area contributed by atoms with E-state index >= 15 is 0 Å². The van der Waals surface area contributed by atoms with Crippen molar-refractivity contribution in [2.75, 3.05) is 16.8 Å². The summed E-state index contributed by atoms with van der Waals surface area (Å²) < 4.78 is 25.9. The topological polar surface area (TPSA) is 170 Å². The molecule has 164 valence electrons. The number of nitrogen functional groups attached to an aromatic ring is 2. The Kier molecular flexibility index (Phi) is 6.21. The largest absolute Gasteiger partial charge is 0.398 e. The first kappa shape index (κ1) is 22.4. The van der Waals surface area contributed by atoms with Gasteiger partial charge in [0, 0.05) is 23.9 Å². The minimum Gasteiger partial charge on any atom is -0.398 e. The molecule has 0 unspecified atom stereocenters. The molecule has 2 aromatic carbocycles. The van der Waals surface area contributed by atoms with E-state index in [1.54, 1.807) is 24.3 Å². The number of carbonyl (C=O) groups excluding carboxylic acids is 2. The zero-order valence-electron chi connectivity index (χ0n) is 17.0. The number of nitrogens with two attached hydrogens (primary N) is 2. The van der Waals surface area contributed by atoms with Crippen molar-refractivity contribution in [3.8, 4) is 11.3 Å². The minimum absolute atomic E-state index is 0.0770. The third-order valence-corrected chi connectivity index (χ3v) is 5.77. The first-order valence-electron chi connectivity index (χ1n) is 9.20. The Balaban J connectivity index is 1.84. The molecule has 1 aromatic heterocycles. The van der Waals surface area contributed by atoms with Crippen LogP contribution in [-0.4, -0.2) is 30.2 Å². The maximum atomic E-state index is 12.7. The van der Waals surface area contributed by atoms with Crippen LogP contribution in [0.3, 0.4) is 0 Å². The van der Waals surface area contributed by atoms with Gasteiger partial charge in [0.2, 0.25) is 5.91 Å². The maximum Gasteiger partial charge on any atom is 0.278 e. The molecule has 32 heavy (non-hydrogen) atoms. The SMILES string of the molecule is C=Cc1ccc(-c2cnc(N)c(C(=O)Nc3ccc(S(=O)(=O)NC(C)=O)cc3)n2)cc1N. The average Bonchev–Trinajstić information content (AvgIpc) is 2.73. The van der Waals surface area contributed by atoms with Gasteiger partial charge in [-0.1, -0.05) is 24.8 Å². The summed E-state index contributed by atoms with van der Waals surface area (Å²) in [5, 5.41) is 2.59. The number of rotatable bonds is 6. The van der Waals surface area contributed by atoms with E-state index in [1.165, 1.54) is 30.5 Å². The molecule has 2 amide bonds. The lowest BCUT2D eigenvalue weighted by atomic mass is 10.1. The number of sulfonamides is 1. The van der Waals surface area contributed by atoms with Crippen LogP contribution >= 0.6 is 0 Å². The van der Waals surface area contributed by atoms with Crippen LogP contribution in [0.1, 0.15) is 23.0 Å². The van der Waals surface area contributed by atoms with Crippen molar-refractivity contribution >= 4 is 45.1 Å². The van der Waals surface area contributed by atoms with Gasteiger partial charge in [-0.2, -0.15) is 0 Å². The number of amides is 2. The first-order valence-corrected chi connectivity index (χ1v) is 10.7. The molecule has 0 aliphatic rings. The zero-order valence-corrected chi connectivity index (χ0v) is 17.8. The summed E-state index contributed by atoms with van der Waals surface area (Å²) >= 11 is 0. The summed E-state index contributed by atoms with van der Waals surface area (Å²) in [5.74, 6) is -1.42. The van der Waals surface area contributed by atoms with Gasteiger partial charge in [0.25, 0.3) is 15.9 Å². The number of carbonyl (C=O) groups is 2. The summed E-state index contributed by atoms with van der Waals surface area (Å²) in [6, 6.07) is 10.5. The summed E-state index contributed by atoms with van der Waals surface area (Å²) in [7, 11) is -3.98. The molecule has 0 saturated carbocycles. The van der Waals surface area contributed by atoms with Gasteiger partial charge in [-0.3, -0.25) is 9.59 Å². The van der Waals surface area contributed by atoms with E-state index in [0.29, 0.717) is 22.6 Å². The summed E-state index contributed by atoms with van der Waals surface area (Å²) in [6.45, 7) is 4.78. The molecule has 0 aliphatic heterocycles. The van der Waals surface area contributed by atoms with Crippen molar-refractivity contribution in [1.29, 1.82) is 0 Å². The molecule has 6 N–H and O–H groups in total. The molecule has 3 aromatic rings. The van der Waals surface area contributed by atoms with Gasteiger partial charge in [0.15, 0.2) is 11.5 Å². The van der Waals surface area contributed by atoms with E-state index in [0.717, 1.165) is 12.5 Å². The van der Waals surface area contributed by atoms with Crippen molar-refractivity contribution in [2.45, 2.75) is 11.8 Å². The van der Waals surface area contributed by atoms with Crippen LogP contribution in [0.5, 0.6) is 0 Å². The number of benzene rings is 2. The second-order valence-electron chi connectivity index (χ2n) is 6.68. The molecule has 10 nitrogen and oxygen atoms in total. The molecule has 1 heterocycles. The molecule has 11 heteroatoms. The van der Waals surface area contributed by atoms with Gasteiger partial charge in [-0.25, -0.2) is 23.1 Å². The van der Waals surface area contributed by atoms with Crippen LogP contribution in [0.4, 0.5) is 17.2 Å². The monoisotopic (exact) mass is 452 g/mol. The number of anilines is 3. The molecule has 0 atom stereocenters. The highest BCUT2D eigenvalue weighted by atomic mass is 32.2. The van der Waals surface area contributed by atoms with E-state index in [9.17, 15) is 18.0 Å². The number of nitrogens with one attached hydrogen (secondary N) is 2. The Morgan fingerprint density at radius 1 is 1.09 bits per heavy atom. The molecule has 0 fully saturated rings. The van der Waals surface area contributed by atoms with Gasteiger partial charge in [0.1, 0.15) is 0 Å². The number of hydrogen-bond acceptors (Lipinski definition) is 8. The Bertz CT molecular complexity index is 1320. The van der Waals surface area contributed by atoms with Crippen LogP contribution < -0.4 is 21.5 Å². The zero-order chi connectivity index (χ0) is 23.5. The van der Waals surface area contributed by atoms with Crippen molar-refractivity contribution in [3.05, 3.63) is 66.5 Å². The molecule has 0 spiro atoms. The van der Waals surface area contributed by atoms with E-state index in [4.69, 9.17) is 11.5 Å². The maximum absolute atomic E-state index is 12.7. The van der Waals surface area contributed by atoms with E-state index in [-0.39, 0.29) is 16.4 Å². The van der Waals surface area contributed by atoms with Crippen LogP contribution in [0.2, 0.25) is 0 Å². The quantitative estimate of drug-likeness (QED) is 0.412. The lowest BCUT2D eigenvalue weighted by molar-refractivity contribution is -0.117. The highest BCUT2D eigenvalue weighted by molar-refractivity contribution is 7.90. The van der Waals surface area contributed by atoms with Crippen molar-refractivity contribution < 1.29 is 18.0 Å². The van der Waals surface area contributed by atoms with Gasteiger partial charge < -0.3 is 16.8 Å². The summed E-state index contributed by atoms with van der Waals surface area (Å²) in [5.41, 5.74) is 14.3. The van der Waals surface area contributed by atoms with E-state index < -0.39 is 21.8 Å². The molecule has 0 bridgehead atoms. The Morgan fingerprint density at radius 3 is 2.38 bits per heavy atom. The molecule has 0 aliphatic carbocycles.